The molecule has 0 spiro atoms. The van der Waals surface area contributed by atoms with Crippen molar-refractivity contribution in [3.8, 4) is 10.4 Å². The molecule has 0 amide bonds. The minimum Gasteiger partial charge on any atom is -0.264 e. The van der Waals surface area contributed by atoms with Gasteiger partial charge in [-0.25, -0.2) is 13.4 Å². The molecule has 23 heavy (non-hydrogen) atoms. The number of thiazole rings is 1. The summed E-state index contributed by atoms with van der Waals surface area (Å²) in [5.74, 6) is 0. The topological polar surface area (TPSA) is 72.0 Å². The minimum atomic E-state index is -3.72. The molecule has 1 N–H and O–H groups in total. The molecule has 2 heterocycles. The Bertz CT molecular complexity index is 940. The van der Waals surface area contributed by atoms with E-state index < -0.39 is 10.0 Å². The summed E-state index contributed by atoms with van der Waals surface area (Å²) in [6, 6.07) is 9.82. The van der Waals surface area contributed by atoms with Crippen molar-refractivity contribution in [2.45, 2.75) is 11.8 Å². The number of sulfonamides is 1. The van der Waals surface area contributed by atoms with Gasteiger partial charge < -0.3 is 0 Å². The molecule has 5 nitrogen and oxygen atoms in total. The molecule has 118 valence electrons. The van der Waals surface area contributed by atoms with Crippen LogP contribution in [0.3, 0.4) is 0 Å². The quantitative estimate of drug-likeness (QED) is 0.759. The first-order chi connectivity index (χ1) is 11.0. The summed E-state index contributed by atoms with van der Waals surface area (Å²) in [4.78, 5) is 9.33. The van der Waals surface area contributed by atoms with Crippen molar-refractivity contribution in [1.82, 2.24) is 9.97 Å². The van der Waals surface area contributed by atoms with E-state index in [1.54, 1.807) is 24.5 Å². The van der Waals surface area contributed by atoms with E-state index in [1.807, 2.05) is 19.1 Å². The van der Waals surface area contributed by atoms with E-state index in [4.69, 9.17) is 11.6 Å². The fourth-order valence-corrected chi connectivity index (χ4v) is 4.50. The molecule has 8 heteroatoms. The van der Waals surface area contributed by atoms with Gasteiger partial charge in [0.1, 0.15) is 0 Å². The average Bonchev–Trinajstić information content (AvgIpc) is 2.88. The Morgan fingerprint density at radius 2 is 2.04 bits per heavy atom. The third-order valence-corrected chi connectivity index (χ3v) is 5.87. The van der Waals surface area contributed by atoms with Crippen molar-refractivity contribution in [2.24, 2.45) is 0 Å². The van der Waals surface area contributed by atoms with Gasteiger partial charge in [0.15, 0.2) is 5.13 Å². The summed E-state index contributed by atoms with van der Waals surface area (Å²) in [5, 5.41) is 0.667. The van der Waals surface area contributed by atoms with Gasteiger partial charge in [0.05, 0.1) is 15.5 Å². The van der Waals surface area contributed by atoms with Gasteiger partial charge in [0.25, 0.3) is 10.0 Å². The Morgan fingerprint density at radius 1 is 1.22 bits per heavy atom. The molecule has 0 bridgehead atoms. The lowest BCUT2D eigenvalue weighted by molar-refractivity contribution is 0.601. The number of hydrogen-bond acceptors (Lipinski definition) is 5. The molecule has 0 aliphatic heterocycles. The third kappa shape index (κ3) is 3.52. The van der Waals surface area contributed by atoms with E-state index in [9.17, 15) is 8.42 Å². The number of nitrogens with zero attached hydrogens (tertiary/aromatic N) is 2. The fourth-order valence-electron chi connectivity index (χ4n) is 2.01. The number of pyridine rings is 1. The predicted molar refractivity (Wildman–Crippen MR) is 92.3 cm³/mol. The summed E-state index contributed by atoms with van der Waals surface area (Å²) in [6.07, 6.45) is 3.40. The van der Waals surface area contributed by atoms with Crippen molar-refractivity contribution in [3.63, 3.8) is 0 Å². The molecule has 0 saturated carbocycles. The van der Waals surface area contributed by atoms with Crippen molar-refractivity contribution < 1.29 is 8.42 Å². The first kappa shape index (κ1) is 15.9. The second-order valence-corrected chi connectivity index (χ2v) is 7.86. The van der Waals surface area contributed by atoms with Crippen LogP contribution in [0.25, 0.3) is 10.4 Å². The Balaban J connectivity index is 1.92. The molecule has 0 unspecified atom stereocenters. The molecular weight excluding hydrogens is 354 g/mol. The summed E-state index contributed by atoms with van der Waals surface area (Å²) in [6.45, 7) is 1.83. The van der Waals surface area contributed by atoms with Crippen LogP contribution in [0.15, 0.2) is 53.7 Å². The predicted octanol–water partition coefficient (Wildman–Crippen LogP) is 3.97. The van der Waals surface area contributed by atoms with E-state index in [-0.39, 0.29) is 4.90 Å². The van der Waals surface area contributed by atoms with E-state index in [1.165, 1.54) is 23.5 Å². The number of aromatic nitrogens is 2. The second-order valence-electron chi connectivity index (χ2n) is 4.74. The van der Waals surface area contributed by atoms with Gasteiger partial charge in [0, 0.05) is 23.0 Å². The van der Waals surface area contributed by atoms with Crippen LogP contribution in [0, 0.1) is 6.92 Å². The van der Waals surface area contributed by atoms with Crippen molar-refractivity contribution in [3.05, 3.63) is 59.5 Å². The Hall–Kier alpha value is -1.96. The maximum atomic E-state index is 12.4. The van der Waals surface area contributed by atoms with Gasteiger partial charge >= 0.3 is 0 Å². The Kier molecular flexibility index (Phi) is 4.34. The number of rotatable bonds is 4. The van der Waals surface area contributed by atoms with Gasteiger partial charge in [-0.15, -0.1) is 0 Å². The normalized spacial score (nSPS) is 11.4. The van der Waals surface area contributed by atoms with Gasteiger partial charge in [-0.05, 0) is 31.2 Å². The lowest BCUT2D eigenvalue weighted by Gasteiger charge is -2.05. The summed E-state index contributed by atoms with van der Waals surface area (Å²) in [7, 11) is -3.72. The van der Waals surface area contributed by atoms with Crippen LogP contribution < -0.4 is 4.72 Å². The highest BCUT2D eigenvalue weighted by molar-refractivity contribution is 7.93. The van der Waals surface area contributed by atoms with Crippen LogP contribution in [0.5, 0.6) is 0 Å². The molecule has 3 rings (SSSR count). The zero-order valence-electron chi connectivity index (χ0n) is 12.0. The highest BCUT2D eigenvalue weighted by Gasteiger charge is 2.18. The SMILES string of the molecule is Cc1nc(NS(=O)(=O)c2cccc(Cl)c2)sc1-c1cccnc1. The smallest absolute Gasteiger partial charge is 0.263 e. The highest BCUT2D eigenvalue weighted by Crippen LogP contribution is 2.33. The maximum Gasteiger partial charge on any atom is 0.263 e. The molecule has 0 saturated heterocycles. The zero-order valence-corrected chi connectivity index (χ0v) is 14.4. The lowest BCUT2D eigenvalue weighted by Crippen LogP contribution is -2.12. The van der Waals surface area contributed by atoms with Crippen LogP contribution in [0.2, 0.25) is 5.02 Å². The van der Waals surface area contributed by atoms with Gasteiger partial charge in [-0.3, -0.25) is 9.71 Å². The third-order valence-electron chi connectivity index (χ3n) is 3.05. The van der Waals surface area contributed by atoms with Crippen LogP contribution in [0.4, 0.5) is 5.13 Å². The Labute approximate surface area is 143 Å². The number of nitrogens with one attached hydrogen (secondary N) is 1. The van der Waals surface area contributed by atoms with Crippen molar-refractivity contribution in [2.75, 3.05) is 4.72 Å². The number of halogens is 1. The number of aryl methyl sites for hydroxylation is 1. The van der Waals surface area contributed by atoms with E-state index in [0.29, 0.717) is 10.2 Å². The minimum absolute atomic E-state index is 0.0979. The van der Waals surface area contributed by atoms with Crippen LogP contribution in [-0.2, 0) is 10.0 Å². The number of hydrogen-bond donors (Lipinski definition) is 1. The number of benzene rings is 1. The monoisotopic (exact) mass is 365 g/mol. The van der Waals surface area contributed by atoms with E-state index in [2.05, 4.69) is 14.7 Å². The molecule has 2 aromatic heterocycles. The maximum absolute atomic E-state index is 12.4. The summed E-state index contributed by atoms with van der Waals surface area (Å²) in [5.41, 5.74) is 1.64. The van der Waals surface area contributed by atoms with E-state index >= 15 is 0 Å². The fraction of sp³-hybridized carbons (Fsp3) is 0.0667. The van der Waals surface area contributed by atoms with Crippen LogP contribution >= 0.6 is 22.9 Å². The highest BCUT2D eigenvalue weighted by atomic mass is 35.5. The molecule has 0 aliphatic rings. The standard InChI is InChI=1S/C15H12ClN3O2S2/c1-10-14(11-4-3-7-17-9-11)22-15(18-10)19-23(20,21)13-6-2-5-12(16)8-13/h2-9H,1H3,(H,18,19). The first-order valence-electron chi connectivity index (χ1n) is 6.62. The molecular formula is C15H12ClN3O2S2. The van der Waals surface area contributed by atoms with Gasteiger partial charge in [-0.2, -0.15) is 0 Å². The summed E-state index contributed by atoms with van der Waals surface area (Å²) < 4.78 is 27.3. The molecule has 0 fully saturated rings. The lowest BCUT2D eigenvalue weighted by atomic mass is 10.2. The van der Waals surface area contributed by atoms with Crippen molar-refractivity contribution >= 4 is 38.1 Å². The molecule has 3 aromatic rings. The second kappa shape index (κ2) is 6.27. The number of anilines is 1. The zero-order chi connectivity index (χ0) is 16.4. The average molecular weight is 366 g/mol. The van der Waals surface area contributed by atoms with Crippen LogP contribution in [0.1, 0.15) is 5.69 Å². The molecule has 1 aromatic carbocycles. The van der Waals surface area contributed by atoms with Crippen LogP contribution in [-0.4, -0.2) is 18.4 Å². The summed E-state index contributed by atoms with van der Waals surface area (Å²) >= 11 is 7.12. The molecule has 0 atom stereocenters. The van der Waals surface area contributed by atoms with Crippen molar-refractivity contribution in [1.29, 1.82) is 0 Å². The molecule has 0 radical (unpaired) electrons. The Morgan fingerprint density at radius 3 is 2.74 bits per heavy atom. The first-order valence-corrected chi connectivity index (χ1v) is 9.30. The molecule has 0 aliphatic carbocycles. The van der Waals surface area contributed by atoms with Gasteiger partial charge in [0.2, 0.25) is 0 Å². The van der Waals surface area contributed by atoms with E-state index in [0.717, 1.165) is 16.1 Å². The van der Waals surface area contributed by atoms with Gasteiger partial charge in [-0.1, -0.05) is 35.1 Å². The largest absolute Gasteiger partial charge is 0.264 e.